The molecule has 0 aliphatic carbocycles. The minimum atomic E-state index is -0.220. The molecule has 0 saturated heterocycles. The van der Waals surface area contributed by atoms with Crippen LogP contribution in [-0.4, -0.2) is 18.9 Å². The molecule has 2 rings (SSSR count). The highest BCUT2D eigenvalue weighted by Gasteiger charge is 2.09. The predicted octanol–water partition coefficient (Wildman–Crippen LogP) is 3.76. The number of rotatable bonds is 6. The third-order valence-corrected chi connectivity index (χ3v) is 3.35. The molecule has 0 saturated carbocycles. The second-order valence-electron chi connectivity index (χ2n) is 4.73. The molecule has 0 spiro atoms. The van der Waals surface area contributed by atoms with Gasteiger partial charge in [-0.2, -0.15) is 0 Å². The third kappa shape index (κ3) is 3.44. The van der Waals surface area contributed by atoms with Gasteiger partial charge >= 0.3 is 5.97 Å². The first-order valence-corrected chi connectivity index (χ1v) is 6.80. The van der Waals surface area contributed by atoms with Crippen LogP contribution in [0.3, 0.4) is 0 Å². The van der Waals surface area contributed by atoms with E-state index in [4.69, 9.17) is 0 Å². The zero-order valence-electron chi connectivity index (χ0n) is 11.6. The van der Waals surface area contributed by atoms with E-state index in [1.807, 2.05) is 42.5 Å². The first-order valence-electron chi connectivity index (χ1n) is 6.80. The van der Waals surface area contributed by atoms with Gasteiger partial charge in [0.25, 0.3) is 0 Å². The Morgan fingerprint density at radius 2 is 1.65 bits per heavy atom. The lowest BCUT2D eigenvalue weighted by Crippen LogP contribution is -2.02. The van der Waals surface area contributed by atoms with Crippen molar-refractivity contribution in [2.24, 2.45) is 0 Å². The van der Waals surface area contributed by atoms with Gasteiger partial charge in [0.05, 0.1) is 7.11 Å². The molecule has 104 valence electrons. The summed E-state index contributed by atoms with van der Waals surface area (Å²) in [7, 11) is 1.38. The molecular formula is C17H18O3. The van der Waals surface area contributed by atoms with E-state index >= 15 is 0 Å². The maximum atomic E-state index is 12.3. The van der Waals surface area contributed by atoms with Crippen molar-refractivity contribution < 1.29 is 14.3 Å². The molecule has 0 aliphatic heterocycles. The molecule has 3 nitrogen and oxygen atoms in total. The van der Waals surface area contributed by atoms with Crippen LogP contribution in [0, 0.1) is 0 Å². The summed E-state index contributed by atoms with van der Waals surface area (Å²) < 4.78 is 4.58. The van der Waals surface area contributed by atoms with Gasteiger partial charge in [-0.1, -0.05) is 42.5 Å². The maximum absolute atomic E-state index is 12.3. The molecule has 0 bridgehead atoms. The lowest BCUT2D eigenvalue weighted by Gasteiger charge is -2.05. The zero-order valence-corrected chi connectivity index (χ0v) is 11.6. The van der Waals surface area contributed by atoms with Gasteiger partial charge in [-0.3, -0.25) is 9.59 Å². The zero-order chi connectivity index (χ0) is 14.4. The average molecular weight is 270 g/mol. The standard InChI is InChI=1S/C17H18O3/c1-20-17(19)12-5-4-11-16(18)15-10-6-8-13-7-2-3-9-14(13)15/h2-3,6-10H,4-5,11-12H2,1H3. The second kappa shape index (κ2) is 6.85. The number of methoxy groups -OCH3 is 1. The Balaban J connectivity index is 1.99. The highest BCUT2D eigenvalue weighted by atomic mass is 16.5. The largest absolute Gasteiger partial charge is 0.469 e. The van der Waals surface area contributed by atoms with Gasteiger partial charge in [-0.15, -0.1) is 0 Å². The van der Waals surface area contributed by atoms with Crippen LogP contribution in [0.1, 0.15) is 36.0 Å². The van der Waals surface area contributed by atoms with Crippen molar-refractivity contribution in [2.75, 3.05) is 7.11 Å². The number of carbonyl (C=O) groups excluding carboxylic acids is 2. The van der Waals surface area contributed by atoms with Crippen LogP contribution >= 0.6 is 0 Å². The van der Waals surface area contributed by atoms with E-state index in [9.17, 15) is 9.59 Å². The third-order valence-electron chi connectivity index (χ3n) is 3.35. The van der Waals surface area contributed by atoms with Crippen LogP contribution in [-0.2, 0) is 9.53 Å². The molecule has 0 amide bonds. The number of benzene rings is 2. The monoisotopic (exact) mass is 270 g/mol. The van der Waals surface area contributed by atoms with Crippen LogP contribution in [0.15, 0.2) is 42.5 Å². The van der Waals surface area contributed by atoms with Gasteiger partial charge in [0.1, 0.15) is 0 Å². The molecule has 0 heterocycles. The van der Waals surface area contributed by atoms with Crippen LogP contribution in [0.25, 0.3) is 10.8 Å². The van der Waals surface area contributed by atoms with E-state index in [0.29, 0.717) is 25.7 Å². The van der Waals surface area contributed by atoms with Crippen molar-refractivity contribution in [1.29, 1.82) is 0 Å². The van der Waals surface area contributed by atoms with Gasteiger partial charge < -0.3 is 4.74 Å². The van der Waals surface area contributed by atoms with Crippen LogP contribution < -0.4 is 0 Å². The van der Waals surface area contributed by atoms with Gasteiger partial charge in [-0.05, 0) is 23.6 Å². The molecule has 0 unspecified atom stereocenters. The van der Waals surface area contributed by atoms with E-state index in [1.165, 1.54) is 7.11 Å². The number of fused-ring (bicyclic) bond motifs is 1. The highest BCUT2D eigenvalue weighted by molar-refractivity contribution is 6.08. The number of esters is 1. The molecule has 0 aliphatic rings. The van der Waals surface area contributed by atoms with Crippen molar-refractivity contribution >= 4 is 22.5 Å². The normalized spacial score (nSPS) is 10.4. The second-order valence-corrected chi connectivity index (χ2v) is 4.73. The Bertz CT molecular complexity index is 611. The fourth-order valence-corrected chi connectivity index (χ4v) is 2.26. The summed E-state index contributed by atoms with van der Waals surface area (Å²) >= 11 is 0. The van der Waals surface area contributed by atoms with Crippen LogP contribution in [0.4, 0.5) is 0 Å². The van der Waals surface area contributed by atoms with E-state index in [1.54, 1.807) is 0 Å². The molecule has 0 fully saturated rings. The average Bonchev–Trinajstić information content (AvgIpc) is 2.50. The van der Waals surface area contributed by atoms with Crippen molar-refractivity contribution in [3.63, 3.8) is 0 Å². The summed E-state index contributed by atoms with van der Waals surface area (Å²) in [5.41, 5.74) is 0.765. The van der Waals surface area contributed by atoms with E-state index in [0.717, 1.165) is 16.3 Å². The van der Waals surface area contributed by atoms with Gasteiger partial charge in [0, 0.05) is 18.4 Å². The predicted molar refractivity (Wildman–Crippen MR) is 78.8 cm³/mol. The Morgan fingerprint density at radius 1 is 0.950 bits per heavy atom. The molecule has 0 aromatic heterocycles. The van der Waals surface area contributed by atoms with Crippen LogP contribution in [0.2, 0.25) is 0 Å². The summed E-state index contributed by atoms with van der Waals surface area (Å²) in [5.74, 6) is -0.0886. The minimum absolute atomic E-state index is 0.131. The molecule has 0 radical (unpaired) electrons. The number of hydrogen-bond acceptors (Lipinski definition) is 3. The van der Waals surface area contributed by atoms with E-state index in [-0.39, 0.29) is 11.8 Å². The van der Waals surface area contributed by atoms with Gasteiger partial charge in [0.2, 0.25) is 0 Å². The molecule has 0 N–H and O–H groups in total. The summed E-state index contributed by atoms with van der Waals surface area (Å²) in [6.45, 7) is 0. The summed E-state index contributed by atoms with van der Waals surface area (Å²) in [4.78, 5) is 23.3. The number of hydrogen-bond donors (Lipinski definition) is 0. The van der Waals surface area contributed by atoms with E-state index < -0.39 is 0 Å². The number of ether oxygens (including phenoxy) is 1. The fourth-order valence-electron chi connectivity index (χ4n) is 2.26. The molecule has 0 atom stereocenters. The van der Waals surface area contributed by atoms with Gasteiger partial charge in [0.15, 0.2) is 5.78 Å². The van der Waals surface area contributed by atoms with Crippen molar-refractivity contribution in [2.45, 2.75) is 25.7 Å². The quantitative estimate of drug-likeness (QED) is 0.456. The lowest BCUT2D eigenvalue weighted by molar-refractivity contribution is -0.140. The Kier molecular flexibility index (Phi) is 4.88. The first kappa shape index (κ1) is 14.3. The number of Topliss-reactive ketones (excluding diaryl/α,β-unsaturated/α-hetero) is 1. The number of ketones is 1. The fraction of sp³-hybridized carbons (Fsp3) is 0.294. The van der Waals surface area contributed by atoms with Crippen molar-refractivity contribution in [3.05, 3.63) is 48.0 Å². The van der Waals surface area contributed by atoms with Crippen molar-refractivity contribution in [1.82, 2.24) is 0 Å². The molecule has 3 heteroatoms. The summed E-state index contributed by atoms with van der Waals surface area (Å²) in [6.07, 6.45) is 2.23. The van der Waals surface area contributed by atoms with Crippen LogP contribution in [0.5, 0.6) is 0 Å². The van der Waals surface area contributed by atoms with E-state index in [2.05, 4.69) is 4.74 Å². The topological polar surface area (TPSA) is 43.4 Å². The smallest absolute Gasteiger partial charge is 0.305 e. The first-order chi connectivity index (χ1) is 9.72. The molecule has 2 aromatic rings. The Morgan fingerprint density at radius 3 is 2.45 bits per heavy atom. The maximum Gasteiger partial charge on any atom is 0.305 e. The van der Waals surface area contributed by atoms with Crippen molar-refractivity contribution in [3.8, 4) is 0 Å². The minimum Gasteiger partial charge on any atom is -0.469 e. The molecule has 20 heavy (non-hydrogen) atoms. The summed E-state index contributed by atoms with van der Waals surface area (Å²) in [5, 5.41) is 2.07. The lowest BCUT2D eigenvalue weighted by atomic mass is 9.98. The molecular weight excluding hydrogens is 252 g/mol. The SMILES string of the molecule is COC(=O)CCCCC(=O)c1cccc2ccccc12. The van der Waals surface area contributed by atoms with Gasteiger partial charge in [-0.25, -0.2) is 0 Å². The summed E-state index contributed by atoms with van der Waals surface area (Å²) in [6, 6.07) is 13.7. The Hall–Kier alpha value is -2.16. The Labute approximate surface area is 118 Å². The molecule has 2 aromatic carbocycles. The number of carbonyl (C=O) groups is 2. The highest BCUT2D eigenvalue weighted by Crippen LogP contribution is 2.20. The number of unbranched alkanes of at least 4 members (excludes halogenated alkanes) is 1.